The molecule has 1 aromatic rings. The van der Waals surface area contributed by atoms with Crippen molar-refractivity contribution in [3.63, 3.8) is 0 Å². The number of rotatable bonds is 5. The van der Waals surface area contributed by atoms with Crippen LogP contribution < -0.4 is 5.32 Å². The summed E-state index contributed by atoms with van der Waals surface area (Å²) in [5.74, 6) is -0.773. The van der Waals surface area contributed by atoms with Gasteiger partial charge in [-0.05, 0) is 50.2 Å². The molecule has 3 rings (SSSR count). The summed E-state index contributed by atoms with van der Waals surface area (Å²) in [7, 11) is 0. The molecule has 3 nitrogen and oxygen atoms in total. The SMILES string of the molecule is O=C(O)C1CCC(NCC2(c3ccccc3Cl)CC2)CC1. The van der Waals surface area contributed by atoms with Gasteiger partial charge in [-0.25, -0.2) is 0 Å². The summed E-state index contributed by atoms with van der Waals surface area (Å²) in [5.41, 5.74) is 1.47. The monoisotopic (exact) mass is 307 g/mol. The lowest BCUT2D eigenvalue weighted by molar-refractivity contribution is -0.142. The predicted molar refractivity (Wildman–Crippen MR) is 83.7 cm³/mol. The van der Waals surface area contributed by atoms with Gasteiger partial charge in [0, 0.05) is 23.0 Å². The zero-order chi connectivity index (χ0) is 14.9. The second-order valence-electron chi connectivity index (χ2n) is 6.53. The molecule has 0 unspecified atom stereocenters. The summed E-state index contributed by atoms with van der Waals surface area (Å²) >= 11 is 6.33. The van der Waals surface area contributed by atoms with E-state index < -0.39 is 5.97 Å². The van der Waals surface area contributed by atoms with Crippen LogP contribution in [-0.2, 0) is 10.2 Å². The van der Waals surface area contributed by atoms with E-state index >= 15 is 0 Å². The number of benzene rings is 1. The van der Waals surface area contributed by atoms with Gasteiger partial charge >= 0.3 is 5.97 Å². The quantitative estimate of drug-likeness (QED) is 0.874. The third kappa shape index (κ3) is 3.24. The number of hydrogen-bond acceptors (Lipinski definition) is 2. The summed E-state index contributed by atoms with van der Waals surface area (Å²) in [6, 6.07) is 8.59. The minimum Gasteiger partial charge on any atom is -0.481 e. The number of carboxylic acids is 1. The minimum absolute atomic E-state index is 0.137. The maximum absolute atomic E-state index is 11.0. The molecule has 0 radical (unpaired) electrons. The lowest BCUT2D eigenvalue weighted by Crippen LogP contribution is -2.39. The summed E-state index contributed by atoms with van der Waals surface area (Å²) in [5, 5.41) is 13.6. The molecule has 0 heterocycles. The number of aliphatic carboxylic acids is 1. The molecule has 2 N–H and O–H groups in total. The second-order valence-corrected chi connectivity index (χ2v) is 6.94. The van der Waals surface area contributed by atoms with E-state index in [4.69, 9.17) is 16.7 Å². The Morgan fingerprint density at radius 1 is 1.24 bits per heavy atom. The first-order chi connectivity index (χ1) is 10.1. The van der Waals surface area contributed by atoms with Gasteiger partial charge in [-0.15, -0.1) is 0 Å². The molecule has 2 saturated carbocycles. The molecule has 0 aliphatic heterocycles. The standard InChI is InChI=1S/C17H22ClNO2/c18-15-4-2-1-3-14(15)17(9-10-17)11-19-13-7-5-12(6-8-13)16(20)21/h1-4,12-13,19H,5-11H2,(H,20,21). The molecule has 2 aliphatic rings. The van der Waals surface area contributed by atoms with Crippen LogP contribution in [0.1, 0.15) is 44.1 Å². The first kappa shape index (κ1) is 14.9. The molecule has 0 atom stereocenters. The van der Waals surface area contributed by atoms with Crippen LogP contribution >= 0.6 is 11.6 Å². The van der Waals surface area contributed by atoms with E-state index in [-0.39, 0.29) is 11.3 Å². The van der Waals surface area contributed by atoms with E-state index in [0.29, 0.717) is 6.04 Å². The third-order valence-electron chi connectivity index (χ3n) is 5.10. The third-order valence-corrected chi connectivity index (χ3v) is 5.43. The lowest BCUT2D eigenvalue weighted by Gasteiger charge is -2.29. The molecule has 4 heteroatoms. The van der Waals surface area contributed by atoms with Crippen LogP contribution in [0.15, 0.2) is 24.3 Å². The number of hydrogen-bond donors (Lipinski definition) is 2. The van der Waals surface area contributed by atoms with Crippen LogP contribution in [0.4, 0.5) is 0 Å². The van der Waals surface area contributed by atoms with Gasteiger partial charge < -0.3 is 10.4 Å². The number of nitrogens with one attached hydrogen (secondary N) is 1. The molecule has 2 fully saturated rings. The van der Waals surface area contributed by atoms with Crippen molar-refractivity contribution in [3.8, 4) is 0 Å². The number of halogens is 1. The molecule has 0 spiro atoms. The highest BCUT2D eigenvalue weighted by atomic mass is 35.5. The van der Waals surface area contributed by atoms with E-state index in [1.807, 2.05) is 12.1 Å². The normalized spacial score (nSPS) is 27.3. The Morgan fingerprint density at radius 2 is 1.90 bits per heavy atom. The van der Waals surface area contributed by atoms with Gasteiger partial charge in [0.25, 0.3) is 0 Å². The Balaban J connectivity index is 1.54. The fourth-order valence-corrected chi connectivity index (χ4v) is 3.80. The highest BCUT2D eigenvalue weighted by Crippen LogP contribution is 2.50. The fourth-order valence-electron chi connectivity index (χ4n) is 3.47. The molecule has 0 aromatic heterocycles. The van der Waals surface area contributed by atoms with Crippen LogP contribution in [0.3, 0.4) is 0 Å². The van der Waals surface area contributed by atoms with Crippen LogP contribution in [0.25, 0.3) is 0 Å². The Hall–Kier alpha value is -1.06. The molecule has 0 amide bonds. The molecule has 2 aliphatic carbocycles. The average Bonchev–Trinajstić information content (AvgIpc) is 3.27. The summed E-state index contributed by atoms with van der Waals surface area (Å²) in [6.45, 7) is 0.957. The highest BCUT2D eigenvalue weighted by molar-refractivity contribution is 6.31. The van der Waals surface area contributed by atoms with Crippen molar-refractivity contribution in [1.29, 1.82) is 0 Å². The van der Waals surface area contributed by atoms with Gasteiger partial charge in [0.05, 0.1) is 5.92 Å². The second kappa shape index (κ2) is 5.98. The maximum Gasteiger partial charge on any atom is 0.306 e. The van der Waals surface area contributed by atoms with Gasteiger partial charge in [-0.3, -0.25) is 4.79 Å². The Morgan fingerprint density at radius 3 is 2.48 bits per heavy atom. The van der Waals surface area contributed by atoms with Crippen LogP contribution in [0, 0.1) is 5.92 Å². The van der Waals surface area contributed by atoms with E-state index in [1.165, 1.54) is 18.4 Å². The van der Waals surface area contributed by atoms with Gasteiger partial charge in [0.15, 0.2) is 0 Å². The van der Waals surface area contributed by atoms with Crippen molar-refractivity contribution in [3.05, 3.63) is 34.9 Å². The van der Waals surface area contributed by atoms with E-state index in [0.717, 1.165) is 37.3 Å². The largest absolute Gasteiger partial charge is 0.481 e. The van der Waals surface area contributed by atoms with Gasteiger partial charge in [-0.2, -0.15) is 0 Å². The molecule has 1 aromatic carbocycles. The van der Waals surface area contributed by atoms with Crippen molar-refractivity contribution in [1.82, 2.24) is 5.32 Å². The van der Waals surface area contributed by atoms with Crippen molar-refractivity contribution < 1.29 is 9.90 Å². The van der Waals surface area contributed by atoms with Crippen LogP contribution in [0.2, 0.25) is 5.02 Å². The number of carbonyl (C=O) groups is 1. The van der Waals surface area contributed by atoms with Crippen molar-refractivity contribution in [2.75, 3.05) is 6.54 Å². The zero-order valence-electron chi connectivity index (χ0n) is 12.1. The minimum atomic E-state index is -0.636. The molecule has 21 heavy (non-hydrogen) atoms. The van der Waals surface area contributed by atoms with Crippen LogP contribution in [0.5, 0.6) is 0 Å². The lowest BCUT2D eigenvalue weighted by atomic mass is 9.85. The van der Waals surface area contributed by atoms with E-state index in [1.54, 1.807) is 0 Å². The summed E-state index contributed by atoms with van der Waals surface area (Å²) in [6.07, 6.45) is 5.91. The smallest absolute Gasteiger partial charge is 0.306 e. The topological polar surface area (TPSA) is 49.3 Å². The molecular formula is C17H22ClNO2. The van der Waals surface area contributed by atoms with Crippen molar-refractivity contribution >= 4 is 17.6 Å². The molecule has 0 bridgehead atoms. The van der Waals surface area contributed by atoms with Gasteiger partial charge in [-0.1, -0.05) is 29.8 Å². The van der Waals surface area contributed by atoms with Gasteiger partial charge in [0.2, 0.25) is 0 Å². The van der Waals surface area contributed by atoms with E-state index in [9.17, 15) is 4.79 Å². The average molecular weight is 308 g/mol. The first-order valence-corrected chi connectivity index (χ1v) is 8.20. The Labute approximate surface area is 130 Å². The molecular weight excluding hydrogens is 286 g/mol. The first-order valence-electron chi connectivity index (χ1n) is 7.82. The summed E-state index contributed by atoms with van der Waals surface area (Å²) in [4.78, 5) is 11.0. The fraction of sp³-hybridized carbons (Fsp3) is 0.588. The van der Waals surface area contributed by atoms with Gasteiger partial charge in [0.1, 0.15) is 0 Å². The Bertz CT molecular complexity index is 519. The predicted octanol–water partition coefficient (Wildman–Crippen LogP) is 3.60. The highest BCUT2D eigenvalue weighted by Gasteiger charge is 2.45. The Kier molecular flexibility index (Phi) is 4.23. The number of carboxylic acid groups (broad SMARTS) is 1. The maximum atomic E-state index is 11.0. The van der Waals surface area contributed by atoms with Crippen molar-refractivity contribution in [2.45, 2.75) is 50.0 Å². The van der Waals surface area contributed by atoms with Crippen molar-refractivity contribution in [2.24, 2.45) is 5.92 Å². The molecule has 114 valence electrons. The van der Waals surface area contributed by atoms with E-state index in [2.05, 4.69) is 17.4 Å². The van der Waals surface area contributed by atoms with Crippen LogP contribution in [-0.4, -0.2) is 23.7 Å². The molecule has 0 saturated heterocycles. The summed E-state index contributed by atoms with van der Waals surface area (Å²) < 4.78 is 0. The zero-order valence-corrected chi connectivity index (χ0v) is 12.9.